The molecule has 0 bridgehead atoms. The van der Waals surface area contributed by atoms with Crippen molar-refractivity contribution in [2.45, 2.75) is 64.5 Å². The Bertz CT molecular complexity index is 631. The first-order valence-electron chi connectivity index (χ1n) is 9.89. The van der Waals surface area contributed by atoms with Crippen LogP contribution in [-0.4, -0.2) is 57.3 Å². The average Bonchev–Trinajstić information content (AvgIpc) is 2.89. The van der Waals surface area contributed by atoms with Crippen molar-refractivity contribution >= 4 is 45.3 Å². The van der Waals surface area contributed by atoms with Crippen LogP contribution in [0.2, 0.25) is 0 Å². The van der Waals surface area contributed by atoms with Gasteiger partial charge in [0.2, 0.25) is 17.7 Å². The molecule has 7 nitrogen and oxygen atoms in total. The molecular weight excluding hydrogens is 388 g/mol. The van der Waals surface area contributed by atoms with Crippen molar-refractivity contribution in [1.29, 1.82) is 1.43 Å². The molecule has 1 aliphatic rings. The van der Waals surface area contributed by atoms with E-state index < -0.39 is 23.7 Å². The lowest BCUT2D eigenvalue weighted by molar-refractivity contribution is -0.147. The normalized spacial score (nSPS) is 19.0. The number of nitrogens with one attached hydrogen (secondary N) is 1. The number of carbonyl (C=O) groups is 4. The van der Waals surface area contributed by atoms with Gasteiger partial charge in [-0.05, 0) is 40.5 Å². The Morgan fingerprint density at radius 2 is 2.00 bits per heavy atom. The molecule has 1 atom stereocenters. The Labute approximate surface area is 171 Å². The maximum Gasteiger partial charge on any atom is 0.309 e. The molecule has 9 heteroatoms. The number of rotatable bonds is 12. The van der Waals surface area contributed by atoms with E-state index in [0.717, 1.165) is 10.7 Å². The van der Waals surface area contributed by atoms with Gasteiger partial charge in [0, 0.05) is 44.2 Å². The number of hydrogen-bond donors (Lipinski definition) is 2. The van der Waals surface area contributed by atoms with Crippen molar-refractivity contribution in [3.05, 3.63) is 0 Å². The van der Waals surface area contributed by atoms with Gasteiger partial charge in [0.1, 0.15) is 0 Å². The van der Waals surface area contributed by atoms with E-state index in [9.17, 15) is 19.2 Å². The van der Waals surface area contributed by atoms with E-state index in [1.165, 1.54) is 0 Å². The third-order valence-electron chi connectivity index (χ3n) is 4.28. The van der Waals surface area contributed by atoms with Crippen LogP contribution in [-0.2, 0) is 19.2 Å². The second-order valence-corrected chi connectivity index (χ2v) is 10.9. The van der Waals surface area contributed by atoms with Crippen molar-refractivity contribution in [3.8, 4) is 0 Å². The number of carboxylic acids is 1. The van der Waals surface area contributed by atoms with E-state index in [1.807, 2.05) is 13.8 Å². The zero-order valence-electron chi connectivity index (χ0n) is 18.3. The third kappa shape index (κ3) is 8.55. The Kier molecular flexibility index (Phi) is 7.87. The molecule has 0 saturated carbocycles. The van der Waals surface area contributed by atoms with Gasteiger partial charge in [0.15, 0.2) is 0 Å². The van der Waals surface area contributed by atoms with E-state index in [2.05, 4.69) is 10.4 Å². The van der Waals surface area contributed by atoms with Crippen molar-refractivity contribution < 1.29 is 25.7 Å². The van der Waals surface area contributed by atoms with Crippen LogP contribution in [0.3, 0.4) is 0 Å². The smallest absolute Gasteiger partial charge is 0.309 e. The quantitative estimate of drug-likeness (QED) is 0.284. The summed E-state index contributed by atoms with van der Waals surface area (Å²) in [6.45, 7) is 7.86. The predicted molar refractivity (Wildman–Crippen MR) is 108 cm³/mol. The molecule has 0 aromatic rings. The molecule has 1 aliphatic heterocycles. The van der Waals surface area contributed by atoms with Gasteiger partial charge >= 0.3 is 5.97 Å². The van der Waals surface area contributed by atoms with Crippen molar-refractivity contribution in [3.63, 3.8) is 0 Å². The number of carboxylic acid groups (broad SMARTS) is 1. The predicted octanol–water partition coefficient (Wildman–Crippen LogP) is 2.69. The van der Waals surface area contributed by atoms with Gasteiger partial charge in [-0.25, -0.2) is 0 Å². The summed E-state index contributed by atoms with van der Waals surface area (Å²) in [4.78, 5) is 47.8. The molecule has 1 rings (SSSR count). The largest absolute Gasteiger partial charge is 0.481 e. The van der Waals surface area contributed by atoms with Crippen LogP contribution in [0.1, 0.15) is 61.1 Å². The minimum atomic E-state index is -1.02. The van der Waals surface area contributed by atoms with Gasteiger partial charge in [0.25, 0.3) is 1.43 Å². The van der Waals surface area contributed by atoms with E-state index >= 15 is 0 Å². The molecule has 0 aromatic carbocycles. The lowest BCUT2D eigenvalue weighted by Gasteiger charge is -2.24. The fourth-order valence-corrected chi connectivity index (χ4v) is 5.09. The van der Waals surface area contributed by atoms with Crippen LogP contribution in [0, 0.1) is 5.41 Å². The first-order valence-corrected chi connectivity index (χ1v) is 11.2. The van der Waals surface area contributed by atoms with E-state index in [1.54, 1.807) is 35.4 Å². The summed E-state index contributed by atoms with van der Waals surface area (Å²) in [5.41, 5.74) is -0.697. The minimum absolute atomic E-state index is 0.0860. The van der Waals surface area contributed by atoms with Gasteiger partial charge < -0.3 is 10.4 Å². The highest BCUT2D eigenvalue weighted by molar-refractivity contribution is 8.77. The molecule has 0 radical (unpaired) electrons. The lowest BCUT2D eigenvalue weighted by atomic mass is 9.91. The molecule has 154 valence electrons. The number of likely N-dealkylation sites (tertiary alicyclic amines) is 1. The minimum Gasteiger partial charge on any atom is -0.481 e. The maximum atomic E-state index is 12.0. The SMILES string of the molecule is [2H]OC(=O)C(C)(C)CCSSC(C)(C)CCC(=O)NCCN1C(=O)CC([3H])C1=O. The zero-order chi connectivity index (χ0) is 22.2. The summed E-state index contributed by atoms with van der Waals surface area (Å²) in [7, 11) is 3.26. The number of carbonyl (C=O) groups excluding carboxylic acids is 3. The highest BCUT2D eigenvalue weighted by atomic mass is 33.1. The van der Waals surface area contributed by atoms with Gasteiger partial charge in [0.05, 0.1) is 5.41 Å². The van der Waals surface area contributed by atoms with Crippen molar-refractivity contribution in [2.24, 2.45) is 5.41 Å². The van der Waals surface area contributed by atoms with Crippen LogP contribution in [0.25, 0.3) is 1.43 Å². The first-order chi connectivity index (χ1) is 13.4. The summed E-state index contributed by atoms with van der Waals surface area (Å²) in [6, 6.07) is 0. The number of amides is 3. The third-order valence-corrected chi connectivity index (χ3v) is 7.63. The first kappa shape index (κ1) is 20.5. The molecule has 2 N–H and O–H groups in total. The topological polar surface area (TPSA) is 104 Å². The Balaban J connectivity index is 2.24. The second kappa shape index (κ2) is 10.4. The Morgan fingerprint density at radius 3 is 2.59 bits per heavy atom. The fraction of sp³-hybridized carbons (Fsp3) is 0.778. The molecule has 1 unspecified atom stereocenters. The fourth-order valence-electron chi connectivity index (χ4n) is 2.20. The number of nitrogens with zero attached hydrogens (tertiary/aromatic N) is 1. The highest BCUT2D eigenvalue weighted by Crippen LogP contribution is 2.40. The maximum absolute atomic E-state index is 12.0. The van der Waals surface area contributed by atoms with Gasteiger partial charge in [-0.2, -0.15) is 0 Å². The molecule has 0 aromatic heterocycles. The molecule has 0 aliphatic carbocycles. The summed E-state index contributed by atoms with van der Waals surface area (Å²) < 4.78 is 14.0. The molecule has 1 fully saturated rings. The Hall–Kier alpha value is -1.22. The molecule has 1 saturated heterocycles. The monoisotopic (exact) mass is 421 g/mol. The van der Waals surface area contributed by atoms with Gasteiger partial charge in [-0.3, -0.25) is 24.1 Å². The number of hydrogen-bond acceptors (Lipinski definition) is 7. The second-order valence-electron chi connectivity index (χ2n) is 7.73. The standard InChI is InChI=1S/C18H30N2O5S2/c1-17(2,16(24)25)9-12-26-27-18(3,4)8-7-13(21)19-10-11-20-14(22)5-6-15(20)23/h5-12H2,1-4H3,(H,19,21)(H,24,25)/i5T/hD. The molecule has 1 heterocycles. The highest BCUT2D eigenvalue weighted by Gasteiger charge is 2.29. The van der Waals surface area contributed by atoms with Crippen molar-refractivity contribution in [1.82, 2.24) is 10.2 Å². The molecule has 3 amide bonds. The average molecular weight is 422 g/mol. The molecule has 27 heavy (non-hydrogen) atoms. The zero-order valence-corrected chi connectivity index (χ0v) is 18.0. The van der Waals surface area contributed by atoms with E-state index in [0.29, 0.717) is 19.3 Å². The van der Waals surface area contributed by atoms with Gasteiger partial charge in [-0.15, -0.1) is 0 Å². The van der Waals surface area contributed by atoms with Crippen LogP contribution >= 0.6 is 21.6 Å². The van der Waals surface area contributed by atoms with E-state index in [-0.39, 0.29) is 36.1 Å². The summed E-state index contributed by atoms with van der Waals surface area (Å²) in [6.07, 6.45) is 0.450. The number of imide groups is 1. The number of aliphatic carboxylic acids is 1. The van der Waals surface area contributed by atoms with Crippen LogP contribution < -0.4 is 5.32 Å². The summed E-state index contributed by atoms with van der Waals surface area (Å²) >= 11 is 0. The van der Waals surface area contributed by atoms with Crippen LogP contribution in [0.5, 0.6) is 0 Å². The Morgan fingerprint density at radius 1 is 1.30 bits per heavy atom. The van der Waals surface area contributed by atoms with Crippen LogP contribution in [0.4, 0.5) is 0 Å². The van der Waals surface area contributed by atoms with Gasteiger partial charge in [-0.1, -0.05) is 21.6 Å². The molecular formula is C18H30N2O5S2. The molecule has 0 spiro atoms. The van der Waals surface area contributed by atoms with Crippen molar-refractivity contribution in [2.75, 3.05) is 18.8 Å². The van der Waals surface area contributed by atoms with Crippen LogP contribution in [0.15, 0.2) is 0 Å². The summed E-state index contributed by atoms with van der Waals surface area (Å²) in [5.74, 6) is -0.841. The lowest BCUT2D eigenvalue weighted by Crippen LogP contribution is -2.38. The summed E-state index contributed by atoms with van der Waals surface area (Å²) in [5, 5.41) is 6.77. The van der Waals surface area contributed by atoms with E-state index in [4.69, 9.17) is 2.80 Å².